The standard InChI is InChI=1S/C14H20BrN3O2/c1-10(2)13(15)14(19)17-11-3-4-12(16-9-11)18-5-7-20-8-6-18/h3-4,9-10,13H,5-8H2,1-2H3,(H,17,19). The van der Waals surface area contributed by atoms with Gasteiger partial charge in [-0.2, -0.15) is 0 Å². The van der Waals surface area contributed by atoms with E-state index in [0.29, 0.717) is 0 Å². The van der Waals surface area contributed by atoms with E-state index in [-0.39, 0.29) is 16.7 Å². The maximum atomic E-state index is 11.9. The van der Waals surface area contributed by atoms with Gasteiger partial charge in [0.1, 0.15) is 5.82 Å². The molecule has 110 valence electrons. The number of rotatable bonds is 4. The van der Waals surface area contributed by atoms with Crippen molar-refractivity contribution in [2.24, 2.45) is 5.92 Å². The number of pyridine rings is 1. The Morgan fingerprint density at radius 1 is 1.40 bits per heavy atom. The Bertz CT molecular complexity index is 444. The van der Waals surface area contributed by atoms with E-state index in [1.54, 1.807) is 6.20 Å². The number of carbonyl (C=O) groups is 1. The van der Waals surface area contributed by atoms with Crippen LogP contribution in [0.5, 0.6) is 0 Å². The molecule has 0 bridgehead atoms. The van der Waals surface area contributed by atoms with E-state index in [1.807, 2.05) is 26.0 Å². The SMILES string of the molecule is CC(C)C(Br)C(=O)Nc1ccc(N2CCOCC2)nc1. The van der Waals surface area contributed by atoms with Crippen molar-refractivity contribution in [1.82, 2.24) is 4.98 Å². The number of amides is 1. The summed E-state index contributed by atoms with van der Waals surface area (Å²) in [4.78, 5) is 18.3. The predicted octanol–water partition coefficient (Wildman–Crippen LogP) is 2.28. The second kappa shape index (κ2) is 7.04. The Kier molecular flexibility index (Phi) is 5.37. The van der Waals surface area contributed by atoms with Gasteiger partial charge in [0.15, 0.2) is 0 Å². The predicted molar refractivity (Wildman–Crippen MR) is 83.5 cm³/mol. The number of carbonyl (C=O) groups excluding carboxylic acids is 1. The largest absolute Gasteiger partial charge is 0.378 e. The number of anilines is 2. The minimum Gasteiger partial charge on any atom is -0.378 e. The summed E-state index contributed by atoms with van der Waals surface area (Å²) in [5.41, 5.74) is 0.720. The molecule has 2 heterocycles. The third kappa shape index (κ3) is 3.93. The highest BCUT2D eigenvalue weighted by Crippen LogP contribution is 2.18. The fourth-order valence-corrected chi connectivity index (χ4v) is 2.07. The van der Waals surface area contributed by atoms with Gasteiger partial charge in [-0.25, -0.2) is 4.98 Å². The highest BCUT2D eigenvalue weighted by Gasteiger charge is 2.19. The first-order valence-corrected chi connectivity index (χ1v) is 7.73. The molecule has 1 fully saturated rings. The van der Waals surface area contributed by atoms with E-state index in [2.05, 4.69) is 31.1 Å². The quantitative estimate of drug-likeness (QED) is 0.853. The number of morpholine rings is 1. The fourth-order valence-electron chi connectivity index (χ4n) is 1.95. The van der Waals surface area contributed by atoms with Gasteiger partial charge in [-0.15, -0.1) is 0 Å². The Morgan fingerprint density at radius 2 is 2.10 bits per heavy atom. The fraction of sp³-hybridized carbons (Fsp3) is 0.571. The molecular formula is C14H20BrN3O2. The summed E-state index contributed by atoms with van der Waals surface area (Å²) in [5, 5.41) is 2.86. The van der Waals surface area contributed by atoms with Crippen LogP contribution in [-0.2, 0) is 9.53 Å². The summed E-state index contributed by atoms with van der Waals surface area (Å²) in [6.07, 6.45) is 1.70. The van der Waals surface area contributed by atoms with Crippen LogP contribution in [0, 0.1) is 5.92 Å². The third-order valence-corrected chi connectivity index (χ3v) is 4.66. The molecule has 6 heteroatoms. The van der Waals surface area contributed by atoms with Gasteiger partial charge in [0.05, 0.1) is 29.9 Å². The molecule has 2 rings (SSSR count). The van der Waals surface area contributed by atoms with Gasteiger partial charge in [-0.1, -0.05) is 29.8 Å². The monoisotopic (exact) mass is 341 g/mol. The van der Waals surface area contributed by atoms with Crippen LogP contribution in [0.4, 0.5) is 11.5 Å². The zero-order chi connectivity index (χ0) is 14.5. The Morgan fingerprint density at radius 3 is 2.65 bits per heavy atom. The summed E-state index contributed by atoms with van der Waals surface area (Å²) in [5.74, 6) is 1.13. The van der Waals surface area contributed by atoms with Crippen LogP contribution in [0.3, 0.4) is 0 Å². The van der Waals surface area contributed by atoms with E-state index in [0.717, 1.165) is 37.8 Å². The van der Waals surface area contributed by atoms with Gasteiger partial charge in [0, 0.05) is 13.1 Å². The van der Waals surface area contributed by atoms with E-state index in [4.69, 9.17) is 4.74 Å². The third-order valence-electron chi connectivity index (χ3n) is 3.19. The second-order valence-electron chi connectivity index (χ2n) is 5.14. The molecule has 1 saturated heterocycles. The Hall–Kier alpha value is -1.14. The smallest absolute Gasteiger partial charge is 0.238 e. The molecule has 1 amide bonds. The lowest BCUT2D eigenvalue weighted by molar-refractivity contribution is -0.116. The normalized spacial score (nSPS) is 17.1. The van der Waals surface area contributed by atoms with Crippen LogP contribution in [0.2, 0.25) is 0 Å². The molecule has 0 aromatic carbocycles. The number of nitrogens with one attached hydrogen (secondary N) is 1. The number of alkyl halides is 1. The summed E-state index contributed by atoms with van der Waals surface area (Å²) in [6, 6.07) is 3.81. The van der Waals surface area contributed by atoms with Gasteiger partial charge >= 0.3 is 0 Å². The number of nitrogens with zero attached hydrogens (tertiary/aromatic N) is 2. The summed E-state index contributed by atoms with van der Waals surface area (Å²) >= 11 is 3.39. The maximum Gasteiger partial charge on any atom is 0.238 e. The van der Waals surface area contributed by atoms with Crippen LogP contribution in [0.15, 0.2) is 18.3 Å². The topological polar surface area (TPSA) is 54.5 Å². The van der Waals surface area contributed by atoms with E-state index >= 15 is 0 Å². The van der Waals surface area contributed by atoms with Crippen LogP contribution in [-0.4, -0.2) is 42.0 Å². The van der Waals surface area contributed by atoms with Crippen molar-refractivity contribution in [3.05, 3.63) is 18.3 Å². The van der Waals surface area contributed by atoms with E-state index in [1.165, 1.54) is 0 Å². The lowest BCUT2D eigenvalue weighted by Crippen LogP contribution is -2.36. The molecule has 0 saturated carbocycles. The Labute approximate surface area is 127 Å². The van der Waals surface area contributed by atoms with Crippen molar-refractivity contribution >= 4 is 33.3 Å². The minimum absolute atomic E-state index is 0.0408. The average Bonchev–Trinajstić information content (AvgIpc) is 2.48. The van der Waals surface area contributed by atoms with Crippen molar-refractivity contribution in [3.63, 3.8) is 0 Å². The van der Waals surface area contributed by atoms with Crippen molar-refractivity contribution in [2.45, 2.75) is 18.7 Å². The molecule has 0 aliphatic carbocycles. The minimum atomic E-state index is -0.193. The van der Waals surface area contributed by atoms with E-state index < -0.39 is 0 Å². The molecule has 1 atom stereocenters. The molecule has 1 aromatic heterocycles. The first-order valence-electron chi connectivity index (χ1n) is 6.81. The number of hydrogen-bond donors (Lipinski definition) is 1. The van der Waals surface area contributed by atoms with Crippen molar-refractivity contribution in [3.8, 4) is 0 Å². The zero-order valence-electron chi connectivity index (χ0n) is 11.8. The average molecular weight is 342 g/mol. The molecule has 5 nitrogen and oxygen atoms in total. The van der Waals surface area contributed by atoms with Gasteiger partial charge in [0.25, 0.3) is 0 Å². The zero-order valence-corrected chi connectivity index (χ0v) is 13.4. The molecule has 0 radical (unpaired) electrons. The van der Waals surface area contributed by atoms with Gasteiger partial charge in [0.2, 0.25) is 5.91 Å². The van der Waals surface area contributed by atoms with Crippen molar-refractivity contribution in [2.75, 3.05) is 36.5 Å². The molecule has 1 aliphatic rings. The van der Waals surface area contributed by atoms with Crippen LogP contribution >= 0.6 is 15.9 Å². The van der Waals surface area contributed by atoms with Gasteiger partial charge in [-0.05, 0) is 18.1 Å². The van der Waals surface area contributed by atoms with Crippen molar-refractivity contribution in [1.29, 1.82) is 0 Å². The van der Waals surface area contributed by atoms with E-state index in [9.17, 15) is 4.79 Å². The summed E-state index contributed by atoms with van der Waals surface area (Å²) < 4.78 is 5.31. The van der Waals surface area contributed by atoms with Crippen LogP contribution in [0.25, 0.3) is 0 Å². The van der Waals surface area contributed by atoms with Gasteiger partial charge < -0.3 is 15.0 Å². The first-order chi connectivity index (χ1) is 9.58. The molecular weight excluding hydrogens is 322 g/mol. The summed E-state index contributed by atoms with van der Waals surface area (Å²) in [6.45, 7) is 7.18. The molecule has 1 N–H and O–H groups in total. The highest BCUT2D eigenvalue weighted by atomic mass is 79.9. The number of aromatic nitrogens is 1. The first kappa shape index (κ1) is 15.3. The molecule has 1 aliphatic heterocycles. The van der Waals surface area contributed by atoms with Crippen LogP contribution in [0.1, 0.15) is 13.8 Å². The number of ether oxygens (including phenoxy) is 1. The molecule has 1 aromatic rings. The Balaban J connectivity index is 1.96. The van der Waals surface area contributed by atoms with Crippen molar-refractivity contribution < 1.29 is 9.53 Å². The summed E-state index contributed by atoms with van der Waals surface area (Å²) in [7, 11) is 0. The lowest BCUT2D eigenvalue weighted by Gasteiger charge is -2.27. The number of hydrogen-bond acceptors (Lipinski definition) is 4. The highest BCUT2D eigenvalue weighted by molar-refractivity contribution is 9.10. The second-order valence-corrected chi connectivity index (χ2v) is 6.13. The molecule has 1 unspecified atom stereocenters. The number of halogens is 1. The maximum absolute atomic E-state index is 11.9. The lowest BCUT2D eigenvalue weighted by atomic mass is 10.1. The van der Waals surface area contributed by atoms with Gasteiger partial charge in [-0.3, -0.25) is 4.79 Å². The van der Waals surface area contributed by atoms with Crippen LogP contribution < -0.4 is 10.2 Å². The molecule has 0 spiro atoms. The molecule has 20 heavy (non-hydrogen) atoms.